The van der Waals surface area contributed by atoms with Gasteiger partial charge in [-0.3, -0.25) is 10.1 Å². The van der Waals surface area contributed by atoms with Gasteiger partial charge in [-0.15, -0.1) is 5.53 Å². The fourth-order valence-electron chi connectivity index (χ4n) is 4.28. The molecule has 0 saturated carbocycles. The Morgan fingerprint density at radius 2 is 1.83 bits per heavy atom. The Labute approximate surface area is 236 Å². The SMILES string of the molecule is Cc1c(Cl)cccc1S(=O)(=O)Nc1ccc(F)c(Nc2ncnc3ccc(N4NNc5c(O)cccc54)nc23)c1F. The highest BCUT2D eigenvalue weighted by Crippen LogP contribution is 2.40. The van der Waals surface area contributed by atoms with Crippen LogP contribution in [0.25, 0.3) is 11.0 Å². The minimum absolute atomic E-state index is 0.0240. The number of halogens is 3. The molecule has 0 fully saturated rings. The third-order valence-corrected chi connectivity index (χ3v) is 8.26. The molecule has 5 aromatic rings. The first-order chi connectivity index (χ1) is 19.6. The summed E-state index contributed by atoms with van der Waals surface area (Å²) in [6.45, 7) is 1.52. The predicted octanol–water partition coefficient (Wildman–Crippen LogP) is 5.50. The topological polar surface area (TPSA) is 144 Å². The molecule has 15 heteroatoms. The molecule has 3 heterocycles. The van der Waals surface area contributed by atoms with Crippen LogP contribution in [0, 0.1) is 18.6 Å². The van der Waals surface area contributed by atoms with Crippen molar-refractivity contribution in [1.82, 2.24) is 20.5 Å². The lowest BCUT2D eigenvalue weighted by Gasteiger charge is -2.18. The van der Waals surface area contributed by atoms with Crippen LogP contribution in [0.2, 0.25) is 5.02 Å². The number of benzene rings is 3. The first kappa shape index (κ1) is 26.4. The molecule has 1 aliphatic rings. The van der Waals surface area contributed by atoms with Crippen molar-refractivity contribution < 1.29 is 22.3 Å². The minimum atomic E-state index is -4.27. The predicted molar refractivity (Wildman–Crippen MR) is 151 cm³/mol. The zero-order valence-corrected chi connectivity index (χ0v) is 22.5. The van der Waals surface area contributed by atoms with Crippen LogP contribution in [0.4, 0.5) is 43.2 Å². The molecule has 0 saturated heterocycles. The van der Waals surface area contributed by atoms with Crippen LogP contribution in [0.1, 0.15) is 5.56 Å². The van der Waals surface area contributed by atoms with Crippen molar-refractivity contribution in [3.05, 3.63) is 89.2 Å². The number of anilines is 6. The number of nitrogens with zero attached hydrogens (tertiary/aromatic N) is 4. The monoisotopic (exact) mass is 596 g/mol. The van der Waals surface area contributed by atoms with Crippen LogP contribution in [-0.2, 0) is 10.0 Å². The molecular formula is C26H19ClF2N8O3S. The Kier molecular flexibility index (Phi) is 6.44. The Balaban J connectivity index is 1.36. The number of aromatic nitrogens is 3. The van der Waals surface area contributed by atoms with Crippen molar-refractivity contribution in [3.63, 3.8) is 0 Å². The summed E-state index contributed by atoms with van der Waals surface area (Å²) in [5, 5.41) is 14.5. The highest BCUT2D eigenvalue weighted by atomic mass is 35.5. The van der Waals surface area contributed by atoms with Crippen molar-refractivity contribution in [1.29, 1.82) is 0 Å². The minimum Gasteiger partial charge on any atom is -0.506 e. The molecule has 0 unspecified atom stereocenters. The van der Waals surface area contributed by atoms with E-state index < -0.39 is 33.0 Å². The zero-order chi connectivity index (χ0) is 28.9. The Bertz CT molecular complexity index is 1960. The first-order valence-corrected chi connectivity index (χ1v) is 13.8. The van der Waals surface area contributed by atoms with Gasteiger partial charge in [-0.1, -0.05) is 23.7 Å². The van der Waals surface area contributed by atoms with Crippen molar-refractivity contribution in [3.8, 4) is 5.75 Å². The number of fused-ring (bicyclic) bond motifs is 2. The molecule has 41 heavy (non-hydrogen) atoms. The highest BCUT2D eigenvalue weighted by molar-refractivity contribution is 7.92. The van der Waals surface area contributed by atoms with Gasteiger partial charge in [0.15, 0.2) is 11.6 Å². The van der Waals surface area contributed by atoms with E-state index in [4.69, 9.17) is 11.6 Å². The fourth-order valence-corrected chi connectivity index (χ4v) is 5.84. The van der Waals surface area contributed by atoms with Gasteiger partial charge >= 0.3 is 0 Å². The van der Waals surface area contributed by atoms with E-state index in [2.05, 4.69) is 36.0 Å². The number of phenolic OH excluding ortho intramolecular Hbond substituents is 1. The van der Waals surface area contributed by atoms with Crippen LogP contribution in [0.3, 0.4) is 0 Å². The quantitative estimate of drug-likeness (QED) is 0.159. The Hall–Kier alpha value is -4.79. The summed E-state index contributed by atoms with van der Waals surface area (Å²) in [4.78, 5) is 12.7. The van der Waals surface area contributed by atoms with Crippen molar-refractivity contribution >= 4 is 67.0 Å². The second-order valence-corrected chi connectivity index (χ2v) is 10.9. The average Bonchev–Trinajstić information content (AvgIpc) is 3.39. The molecule has 0 amide bonds. The number of pyridine rings is 1. The standard InChI is InChI=1S/C26H19ClF2N8O3S/c1-13-14(27)4-2-7-20(13)41(39,40)35-16-9-8-15(28)23(22(16)29)33-26-24-17(30-12-31-26)10-11-21(32-24)37-18-5-3-6-19(38)25(18)34-36-37/h2-12,34-36,38H,1H3,(H,30,31,33). The zero-order valence-electron chi connectivity index (χ0n) is 20.9. The second kappa shape index (κ2) is 9.99. The second-order valence-electron chi connectivity index (χ2n) is 8.88. The third kappa shape index (κ3) is 4.67. The maximum atomic E-state index is 15.6. The molecule has 5 N–H and O–H groups in total. The van der Waals surface area contributed by atoms with Gasteiger partial charge in [0.05, 0.1) is 21.8 Å². The van der Waals surface area contributed by atoms with Gasteiger partial charge in [-0.2, -0.15) is 0 Å². The number of aromatic hydroxyl groups is 1. The van der Waals surface area contributed by atoms with Crippen LogP contribution in [0.15, 0.2) is 71.9 Å². The summed E-state index contributed by atoms with van der Waals surface area (Å²) in [6, 6.07) is 14.4. The van der Waals surface area contributed by atoms with E-state index in [1.807, 2.05) is 0 Å². The summed E-state index contributed by atoms with van der Waals surface area (Å²) >= 11 is 6.06. The van der Waals surface area contributed by atoms with E-state index in [-0.39, 0.29) is 32.6 Å². The maximum Gasteiger partial charge on any atom is 0.262 e. The van der Waals surface area contributed by atoms with Crippen molar-refractivity contribution in [2.24, 2.45) is 0 Å². The molecule has 208 valence electrons. The van der Waals surface area contributed by atoms with Crippen molar-refractivity contribution in [2.75, 3.05) is 20.5 Å². The first-order valence-electron chi connectivity index (χ1n) is 11.9. The van der Waals surface area contributed by atoms with E-state index in [1.54, 1.807) is 29.3 Å². The number of hydrazine groups is 2. The van der Waals surface area contributed by atoms with Gasteiger partial charge in [-0.25, -0.2) is 37.2 Å². The largest absolute Gasteiger partial charge is 0.506 e. The van der Waals surface area contributed by atoms with Crippen LogP contribution in [0.5, 0.6) is 5.75 Å². The van der Waals surface area contributed by atoms with Crippen LogP contribution >= 0.6 is 11.6 Å². The van der Waals surface area contributed by atoms with E-state index in [0.717, 1.165) is 12.1 Å². The number of hydrogen-bond donors (Lipinski definition) is 5. The van der Waals surface area contributed by atoms with E-state index >= 15 is 4.39 Å². The van der Waals surface area contributed by atoms with Gasteiger partial charge in [-0.05, 0) is 61.0 Å². The van der Waals surface area contributed by atoms with Crippen molar-refractivity contribution in [2.45, 2.75) is 11.8 Å². The van der Waals surface area contributed by atoms with Gasteiger partial charge in [0.25, 0.3) is 10.0 Å². The van der Waals surface area contributed by atoms with Gasteiger partial charge in [0.1, 0.15) is 40.6 Å². The summed E-state index contributed by atoms with van der Waals surface area (Å²) in [5.41, 5.74) is 6.41. The molecule has 1 aliphatic heterocycles. The third-order valence-electron chi connectivity index (χ3n) is 6.34. The summed E-state index contributed by atoms with van der Waals surface area (Å²) in [5.74, 6) is -1.86. The normalized spacial score (nSPS) is 12.7. The maximum absolute atomic E-state index is 15.6. The van der Waals surface area contributed by atoms with Gasteiger partial charge < -0.3 is 10.4 Å². The lowest BCUT2D eigenvalue weighted by atomic mass is 10.2. The number of para-hydroxylation sites is 1. The molecular weight excluding hydrogens is 578 g/mol. The summed E-state index contributed by atoms with van der Waals surface area (Å²) in [7, 11) is -4.27. The average molecular weight is 597 g/mol. The van der Waals surface area contributed by atoms with Crippen LogP contribution < -0.4 is 26.0 Å². The van der Waals surface area contributed by atoms with Gasteiger partial charge in [0, 0.05) is 5.02 Å². The highest BCUT2D eigenvalue weighted by Gasteiger charge is 2.25. The number of sulfonamides is 1. The number of phenols is 1. The van der Waals surface area contributed by atoms with Crippen LogP contribution in [-0.4, -0.2) is 28.5 Å². The van der Waals surface area contributed by atoms with E-state index in [9.17, 15) is 17.9 Å². The fraction of sp³-hybridized carbons (Fsp3) is 0.0385. The Morgan fingerprint density at radius 3 is 2.66 bits per heavy atom. The number of nitrogens with one attached hydrogen (secondary N) is 4. The van der Waals surface area contributed by atoms with Gasteiger partial charge in [0.2, 0.25) is 0 Å². The lowest BCUT2D eigenvalue weighted by Crippen LogP contribution is -2.32. The summed E-state index contributed by atoms with van der Waals surface area (Å²) < 4.78 is 58.7. The molecule has 11 nitrogen and oxygen atoms in total. The molecule has 6 rings (SSSR count). The number of hydrogen-bond acceptors (Lipinski definition) is 10. The molecule has 2 aromatic heterocycles. The molecule has 0 atom stereocenters. The molecule has 0 radical (unpaired) electrons. The Morgan fingerprint density at radius 1 is 1.02 bits per heavy atom. The summed E-state index contributed by atoms with van der Waals surface area (Å²) in [6.07, 6.45) is 1.19. The van der Waals surface area contributed by atoms with E-state index in [0.29, 0.717) is 22.7 Å². The molecule has 0 aliphatic carbocycles. The number of rotatable bonds is 6. The lowest BCUT2D eigenvalue weighted by molar-refractivity contribution is 0.478. The molecule has 0 bridgehead atoms. The smallest absolute Gasteiger partial charge is 0.262 e. The van der Waals surface area contributed by atoms with E-state index in [1.165, 1.54) is 37.5 Å². The molecule has 0 spiro atoms. The molecule has 3 aromatic carbocycles.